The Labute approximate surface area is 128 Å². The molecule has 2 aromatic rings. The van der Waals surface area contributed by atoms with E-state index in [9.17, 15) is 9.50 Å². The lowest BCUT2D eigenvalue weighted by Crippen LogP contribution is -2.09. The Balaban J connectivity index is 1.91. The van der Waals surface area contributed by atoms with Crippen LogP contribution in [0.1, 0.15) is 22.6 Å². The van der Waals surface area contributed by atoms with Crippen molar-refractivity contribution in [1.29, 1.82) is 0 Å². The third kappa shape index (κ3) is 3.04. The van der Waals surface area contributed by atoms with Crippen molar-refractivity contribution in [3.8, 4) is 5.75 Å². The quantitative estimate of drug-likeness (QED) is 0.932. The van der Waals surface area contributed by atoms with Gasteiger partial charge in [0.25, 0.3) is 0 Å². The first-order valence-corrected chi connectivity index (χ1v) is 7.35. The summed E-state index contributed by atoms with van der Waals surface area (Å²) < 4.78 is 19.0. The summed E-state index contributed by atoms with van der Waals surface area (Å²) in [5.74, 6) is 0.403. The van der Waals surface area contributed by atoms with Gasteiger partial charge in [-0.15, -0.1) is 0 Å². The molecular weight excluding hydrogens is 291 g/mol. The van der Waals surface area contributed by atoms with Crippen LogP contribution in [0.2, 0.25) is 5.02 Å². The van der Waals surface area contributed by atoms with Crippen molar-refractivity contribution in [3.05, 3.63) is 63.9 Å². The minimum atomic E-state index is -0.293. The van der Waals surface area contributed by atoms with E-state index in [1.807, 2.05) is 18.2 Å². The monoisotopic (exact) mass is 306 g/mol. The van der Waals surface area contributed by atoms with E-state index in [1.54, 1.807) is 6.07 Å². The van der Waals surface area contributed by atoms with Crippen LogP contribution < -0.4 is 4.74 Å². The first kappa shape index (κ1) is 14.4. The lowest BCUT2D eigenvalue weighted by Gasteiger charge is -2.17. The van der Waals surface area contributed by atoms with Gasteiger partial charge in [-0.2, -0.15) is 0 Å². The summed E-state index contributed by atoms with van der Waals surface area (Å²) in [5, 5.41) is 10.3. The van der Waals surface area contributed by atoms with Gasteiger partial charge in [-0.05, 0) is 47.4 Å². The zero-order valence-corrected chi connectivity index (χ0v) is 12.2. The average molecular weight is 307 g/mol. The van der Waals surface area contributed by atoms with Crippen molar-refractivity contribution in [1.82, 2.24) is 0 Å². The number of rotatable bonds is 4. The molecule has 1 atom stereocenters. The van der Waals surface area contributed by atoms with E-state index in [-0.39, 0.29) is 18.3 Å². The van der Waals surface area contributed by atoms with Gasteiger partial charge in [0.15, 0.2) is 0 Å². The standard InChI is InChI=1S/C17H16ClFO2/c18-15-7-12-4-5-21-17(12)13(8-15)6-14(10-20)11-2-1-3-16(19)9-11/h1-3,7-9,14,20H,4-6,10H2. The van der Waals surface area contributed by atoms with E-state index in [0.717, 1.165) is 28.9 Å². The fourth-order valence-electron chi connectivity index (χ4n) is 2.81. The van der Waals surface area contributed by atoms with Crippen LogP contribution in [0, 0.1) is 5.82 Å². The van der Waals surface area contributed by atoms with E-state index in [1.165, 1.54) is 12.1 Å². The Bertz CT molecular complexity index is 657. The number of hydrogen-bond acceptors (Lipinski definition) is 2. The maximum Gasteiger partial charge on any atom is 0.125 e. The molecule has 3 rings (SSSR count). The van der Waals surface area contributed by atoms with Crippen molar-refractivity contribution < 1.29 is 14.2 Å². The predicted octanol–water partition coefficient (Wildman–Crippen LogP) is 3.73. The molecule has 4 heteroatoms. The molecular formula is C17H16ClFO2. The van der Waals surface area contributed by atoms with Crippen molar-refractivity contribution in [2.75, 3.05) is 13.2 Å². The van der Waals surface area contributed by atoms with Gasteiger partial charge in [-0.1, -0.05) is 23.7 Å². The minimum absolute atomic E-state index is 0.0509. The van der Waals surface area contributed by atoms with Crippen molar-refractivity contribution >= 4 is 11.6 Å². The van der Waals surface area contributed by atoms with Gasteiger partial charge in [0.05, 0.1) is 13.2 Å². The summed E-state index contributed by atoms with van der Waals surface area (Å²) in [7, 11) is 0. The number of ether oxygens (including phenoxy) is 1. The van der Waals surface area contributed by atoms with Crippen LogP contribution in [0.5, 0.6) is 5.75 Å². The summed E-state index contributed by atoms with van der Waals surface area (Å²) >= 11 is 6.15. The van der Waals surface area contributed by atoms with Crippen LogP contribution in [0.15, 0.2) is 36.4 Å². The van der Waals surface area contributed by atoms with E-state index >= 15 is 0 Å². The highest BCUT2D eigenvalue weighted by atomic mass is 35.5. The number of hydrogen-bond donors (Lipinski definition) is 1. The molecule has 0 saturated carbocycles. The van der Waals surface area contributed by atoms with Gasteiger partial charge >= 0.3 is 0 Å². The van der Waals surface area contributed by atoms with Crippen LogP contribution in [0.3, 0.4) is 0 Å². The fraction of sp³-hybridized carbons (Fsp3) is 0.294. The summed E-state index contributed by atoms with van der Waals surface area (Å²) in [6, 6.07) is 10.1. The van der Waals surface area contributed by atoms with Gasteiger partial charge in [-0.25, -0.2) is 4.39 Å². The number of aliphatic hydroxyl groups excluding tert-OH is 1. The molecule has 0 fully saturated rings. The van der Waals surface area contributed by atoms with Crippen LogP contribution in [0.4, 0.5) is 4.39 Å². The number of benzene rings is 2. The molecule has 1 unspecified atom stereocenters. The molecule has 0 aliphatic carbocycles. The average Bonchev–Trinajstić information content (AvgIpc) is 2.92. The van der Waals surface area contributed by atoms with Gasteiger partial charge in [0.1, 0.15) is 11.6 Å². The summed E-state index contributed by atoms with van der Waals surface area (Å²) in [6.07, 6.45) is 1.43. The Hall–Kier alpha value is -1.58. The minimum Gasteiger partial charge on any atom is -0.493 e. The number of fused-ring (bicyclic) bond motifs is 1. The van der Waals surface area contributed by atoms with Crippen LogP contribution >= 0.6 is 11.6 Å². The zero-order chi connectivity index (χ0) is 14.8. The Kier molecular flexibility index (Phi) is 4.13. The molecule has 21 heavy (non-hydrogen) atoms. The smallest absolute Gasteiger partial charge is 0.125 e. The molecule has 0 bridgehead atoms. The van der Waals surface area contributed by atoms with Gasteiger partial charge in [0.2, 0.25) is 0 Å². The molecule has 0 saturated heterocycles. The molecule has 0 radical (unpaired) electrons. The Morgan fingerprint density at radius 2 is 2.14 bits per heavy atom. The molecule has 2 nitrogen and oxygen atoms in total. The Morgan fingerprint density at radius 3 is 2.90 bits per heavy atom. The first-order chi connectivity index (χ1) is 10.2. The maximum atomic E-state index is 13.4. The second-order valence-corrected chi connectivity index (χ2v) is 5.73. The normalized spacial score (nSPS) is 14.6. The molecule has 0 amide bonds. The topological polar surface area (TPSA) is 29.5 Å². The molecule has 1 N–H and O–H groups in total. The van der Waals surface area contributed by atoms with E-state index in [4.69, 9.17) is 16.3 Å². The molecule has 0 aromatic heterocycles. The van der Waals surface area contributed by atoms with E-state index in [0.29, 0.717) is 18.1 Å². The zero-order valence-electron chi connectivity index (χ0n) is 11.5. The van der Waals surface area contributed by atoms with Gasteiger partial charge < -0.3 is 9.84 Å². The first-order valence-electron chi connectivity index (χ1n) is 6.98. The second-order valence-electron chi connectivity index (χ2n) is 5.29. The largest absolute Gasteiger partial charge is 0.493 e. The molecule has 0 spiro atoms. The Morgan fingerprint density at radius 1 is 1.29 bits per heavy atom. The van der Waals surface area contributed by atoms with Crippen molar-refractivity contribution in [3.63, 3.8) is 0 Å². The third-order valence-electron chi connectivity index (χ3n) is 3.83. The lowest BCUT2D eigenvalue weighted by molar-refractivity contribution is 0.263. The summed E-state index contributed by atoms with van der Waals surface area (Å²) in [6.45, 7) is 0.608. The fourth-order valence-corrected chi connectivity index (χ4v) is 3.07. The molecule has 1 heterocycles. The van der Waals surface area contributed by atoms with Gasteiger partial charge in [0, 0.05) is 17.4 Å². The lowest BCUT2D eigenvalue weighted by atomic mass is 9.91. The number of halogens is 2. The van der Waals surface area contributed by atoms with Crippen LogP contribution in [-0.4, -0.2) is 18.3 Å². The molecule has 1 aliphatic heterocycles. The molecule has 2 aromatic carbocycles. The SMILES string of the molecule is OCC(Cc1cc(Cl)cc2c1OCC2)c1cccc(F)c1. The van der Waals surface area contributed by atoms with Crippen molar-refractivity contribution in [2.45, 2.75) is 18.8 Å². The third-order valence-corrected chi connectivity index (χ3v) is 4.05. The summed E-state index contributed by atoms with van der Waals surface area (Å²) in [5.41, 5.74) is 2.86. The second kappa shape index (κ2) is 6.04. The number of aliphatic hydroxyl groups is 1. The highest BCUT2D eigenvalue weighted by Gasteiger charge is 2.21. The van der Waals surface area contributed by atoms with Crippen LogP contribution in [-0.2, 0) is 12.8 Å². The van der Waals surface area contributed by atoms with E-state index < -0.39 is 0 Å². The highest BCUT2D eigenvalue weighted by molar-refractivity contribution is 6.30. The maximum absolute atomic E-state index is 13.4. The summed E-state index contributed by atoms with van der Waals surface area (Å²) in [4.78, 5) is 0. The molecule has 110 valence electrons. The predicted molar refractivity (Wildman–Crippen MR) is 80.6 cm³/mol. The van der Waals surface area contributed by atoms with Gasteiger partial charge in [-0.3, -0.25) is 0 Å². The van der Waals surface area contributed by atoms with Crippen molar-refractivity contribution in [2.24, 2.45) is 0 Å². The van der Waals surface area contributed by atoms with Crippen LogP contribution in [0.25, 0.3) is 0 Å². The van der Waals surface area contributed by atoms with E-state index in [2.05, 4.69) is 0 Å². The molecule has 1 aliphatic rings. The highest BCUT2D eigenvalue weighted by Crippen LogP contribution is 2.35.